The fraction of sp³-hybridized carbons (Fsp3) is 0.600. The highest BCUT2D eigenvalue weighted by molar-refractivity contribution is 5.47. The van der Waals surface area contributed by atoms with E-state index < -0.39 is 0 Å². The summed E-state index contributed by atoms with van der Waals surface area (Å²) < 4.78 is 5.57. The molecular weight excluding hydrogens is 210 g/mol. The van der Waals surface area contributed by atoms with E-state index in [4.69, 9.17) is 4.74 Å². The predicted octanol–water partition coefficient (Wildman–Crippen LogP) is 3.79. The van der Waals surface area contributed by atoms with E-state index in [9.17, 15) is 0 Å². The number of hydrogen-bond donors (Lipinski definition) is 1. The number of ether oxygens (including phenoxy) is 1. The third-order valence-electron chi connectivity index (χ3n) is 3.41. The molecule has 0 bridgehead atoms. The van der Waals surface area contributed by atoms with Crippen molar-refractivity contribution in [2.75, 3.05) is 11.9 Å². The van der Waals surface area contributed by atoms with Crippen LogP contribution in [0.2, 0.25) is 0 Å². The summed E-state index contributed by atoms with van der Waals surface area (Å²) in [4.78, 5) is 0. The summed E-state index contributed by atoms with van der Waals surface area (Å²) in [6.45, 7) is 7.49. The lowest BCUT2D eigenvalue weighted by molar-refractivity contribution is 0.0232. The number of anilines is 1. The van der Waals surface area contributed by atoms with Gasteiger partial charge in [0.25, 0.3) is 0 Å². The highest BCUT2D eigenvalue weighted by Crippen LogP contribution is 2.22. The minimum Gasteiger partial charge on any atom is -0.382 e. The Bertz CT molecular complexity index is 362. The van der Waals surface area contributed by atoms with Crippen LogP contribution in [0, 0.1) is 0 Å². The Labute approximate surface area is 104 Å². The molecule has 2 rings (SSSR count). The number of nitrogens with one attached hydrogen (secondary N) is 1. The molecule has 2 atom stereocenters. The lowest BCUT2D eigenvalue weighted by Crippen LogP contribution is -2.32. The van der Waals surface area contributed by atoms with Crippen molar-refractivity contribution in [1.29, 1.82) is 0 Å². The lowest BCUT2D eigenvalue weighted by Gasteiger charge is -2.29. The zero-order chi connectivity index (χ0) is 12.3. The fourth-order valence-corrected chi connectivity index (χ4v) is 2.35. The molecule has 0 saturated carbocycles. The molecule has 1 aliphatic rings. The van der Waals surface area contributed by atoms with Gasteiger partial charge < -0.3 is 10.1 Å². The Morgan fingerprint density at radius 1 is 1.35 bits per heavy atom. The van der Waals surface area contributed by atoms with Gasteiger partial charge in [0.05, 0.1) is 6.10 Å². The lowest BCUT2D eigenvalue weighted by atomic mass is 10.0. The van der Waals surface area contributed by atoms with Gasteiger partial charge in [-0.3, -0.25) is 0 Å². The predicted molar refractivity (Wildman–Crippen MR) is 72.6 cm³/mol. The van der Waals surface area contributed by atoms with Crippen molar-refractivity contribution in [2.45, 2.75) is 51.7 Å². The van der Waals surface area contributed by atoms with Crippen LogP contribution in [0.1, 0.15) is 45.1 Å². The first kappa shape index (κ1) is 12.4. The molecule has 17 heavy (non-hydrogen) atoms. The second-order valence-electron chi connectivity index (χ2n) is 5.33. The topological polar surface area (TPSA) is 21.3 Å². The molecule has 1 aliphatic heterocycles. The molecule has 1 aromatic carbocycles. The first-order valence-electron chi connectivity index (χ1n) is 6.63. The summed E-state index contributed by atoms with van der Waals surface area (Å²) in [5.74, 6) is 0.588. The first-order valence-corrected chi connectivity index (χ1v) is 6.63. The summed E-state index contributed by atoms with van der Waals surface area (Å²) in [6.07, 6.45) is 2.59. The molecule has 2 nitrogen and oxygen atoms in total. The van der Waals surface area contributed by atoms with Gasteiger partial charge in [0.2, 0.25) is 0 Å². The van der Waals surface area contributed by atoms with Gasteiger partial charge in [-0.25, -0.2) is 0 Å². The van der Waals surface area contributed by atoms with Crippen molar-refractivity contribution in [2.24, 2.45) is 0 Å². The van der Waals surface area contributed by atoms with Crippen LogP contribution in [0.3, 0.4) is 0 Å². The third-order valence-corrected chi connectivity index (χ3v) is 3.41. The minimum absolute atomic E-state index is 0.384. The number of benzene rings is 1. The molecule has 2 heteroatoms. The SMILES string of the molecule is CC1CC(Nc2cccc(C(C)C)c2)CCO1. The average molecular weight is 233 g/mol. The van der Waals surface area contributed by atoms with E-state index in [1.807, 2.05) is 0 Å². The maximum atomic E-state index is 5.57. The van der Waals surface area contributed by atoms with E-state index in [2.05, 4.69) is 50.4 Å². The normalized spacial score (nSPS) is 24.9. The van der Waals surface area contributed by atoms with E-state index in [-0.39, 0.29) is 0 Å². The molecule has 0 radical (unpaired) electrons. The Morgan fingerprint density at radius 3 is 2.88 bits per heavy atom. The molecule has 1 aromatic rings. The van der Waals surface area contributed by atoms with Crippen molar-refractivity contribution >= 4 is 5.69 Å². The molecule has 0 spiro atoms. The smallest absolute Gasteiger partial charge is 0.0566 e. The van der Waals surface area contributed by atoms with Gasteiger partial charge in [0, 0.05) is 18.3 Å². The summed E-state index contributed by atoms with van der Waals surface area (Å²) in [5.41, 5.74) is 2.64. The quantitative estimate of drug-likeness (QED) is 0.857. The van der Waals surface area contributed by atoms with E-state index in [1.54, 1.807) is 0 Å². The zero-order valence-electron chi connectivity index (χ0n) is 11.1. The highest BCUT2D eigenvalue weighted by atomic mass is 16.5. The molecule has 1 N–H and O–H groups in total. The molecule has 1 saturated heterocycles. The summed E-state index contributed by atoms with van der Waals surface area (Å²) in [6, 6.07) is 9.32. The summed E-state index contributed by atoms with van der Waals surface area (Å²) in [7, 11) is 0. The Kier molecular flexibility index (Phi) is 4.06. The van der Waals surface area contributed by atoms with Crippen LogP contribution < -0.4 is 5.32 Å². The van der Waals surface area contributed by atoms with Crippen molar-refractivity contribution in [3.63, 3.8) is 0 Å². The Hall–Kier alpha value is -1.02. The van der Waals surface area contributed by atoms with Crippen LogP contribution in [-0.2, 0) is 4.74 Å². The maximum Gasteiger partial charge on any atom is 0.0566 e. The monoisotopic (exact) mass is 233 g/mol. The zero-order valence-corrected chi connectivity index (χ0v) is 11.1. The molecule has 0 amide bonds. The van der Waals surface area contributed by atoms with Crippen LogP contribution in [-0.4, -0.2) is 18.8 Å². The second kappa shape index (κ2) is 5.54. The van der Waals surface area contributed by atoms with Crippen molar-refractivity contribution in [3.05, 3.63) is 29.8 Å². The van der Waals surface area contributed by atoms with Gasteiger partial charge in [0.15, 0.2) is 0 Å². The van der Waals surface area contributed by atoms with Crippen molar-refractivity contribution in [1.82, 2.24) is 0 Å². The third kappa shape index (κ3) is 3.47. The molecule has 94 valence electrons. The van der Waals surface area contributed by atoms with Crippen molar-refractivity contribution in [3.8, 4) is 0 Å². The molecule has 0 aromatic heterocycles. The van der Waals surface area contributed by atoms with Crippen molar-refractivity contribution < 1.29 is 4.74 Å². The molecule has 1 fully saturated rings. The van der Waals surface area contributed by atoms with E-state index in [0.717, 1.165) is 19.4 Å². The summed E-state index contributed by atoms with van der Waals surface area (Å²) >= 11 is 0. The number of hydrogen-bond acceptors (Lipinski definition) is 2. The largest absolute Gasteiger partial charge is 0.382 e. The van der Waals surface area contributed by atoms with Gasteiger partial charge in [-0.05, 0) is 43.4 Å². The maximum absolute atomic E-state index is 5.57. The fourth-order valence-electron chi connectivity index (χ4n) is 2.35. The van der Waals surface area contributed by atoms with Crippen LogP contribution in [0.4, 0.5) is 5.69 Å². The van der Waals surface area contributed by atoms with Gasteiger partial charge in [-0.1, -0.05) is 26.0 Å². The molecule has 1 heterocycles. The van der Waals surface area contributed by atoms with Crippen LogP contribution in [0.15, 0.2) is 24.3 Å². The summed E-state index contributed by atoms with van der Waals surface area (Å²) in [5, 5.41) is 3.63. The van der Waals surface area contributed by atoms with Gasteiger partial charge in [-0.2, -0.15) is 0 Å². The standard InChI is InChI=1S/C15H23NO/c1-11(2)13-5-4-6-14(10-13)16-15-7-8-17-12(3)9-15/h4-6,10-12,15-16H,7-9H2,1-3H3. The molecule has 2 unspecified atom stereocenters. The number of rotatable bonds is 3. The van der Waals surface area contributed by atoms with Gasteiger partial charge in [0.1, 0.15) is 0 Å². The van der Waals surface area contributed by atoms with Crippen LogP contribution in [0.5, 0.6) is 0 Å². The van der Waals surface area contributed by atoms with Gasteiger partial charge >= 0.3 is 0 Å². The van der Waals surface area contributed by atoms with Crippen LogP contribution >= 0.6 is 0 Å². The van der Waals surface area contributed by atoms with Crippen LogP contribution in [0.25, 0.3) is 0 Å². The molecule has 0 aliphatic carbocycles. The van der Waals surface area contributed by atoms with Gasteiger partial charge in [-0.15, -0.1) is 0 Å². The Morgan fingerprint density at radius 2 is 2.18 bits per heavy atom. The van der Waals surface area contributed by atoms with E-state index in [0.29, 0.717) is 18.1 Å². The second-order valence-corrected chi connectivity index (χ2v) is 5.33. The highest BCUT2D eigenvalue weighted by Gasteiger charge is 2.18. The Balaban J connectivity index is 2.00. The minimum atomic E-state index is 0.384. The first-order chi connectivity index (χ1) is 8.15. The molecular formula is C15H23NO. The van der Waals surface area contributed by atoms with E-state index in [1.165, 1.54) is 11.3 Å². The average Bonchev–Trinajstić information content (AvgIpc) is 2.29. The van der Waals surface area contributed by atoms with E-state index >= 15 is 0 Å².